The lowest BCUT2D eigenvalue weighted by Crippen LogP contribution is -2.46. The van der Waals surface area contributed by atoms with Crippen molar-refractivity contribution in [3.05, 3.63) is 24.3 Å². The lowest BCUT2D eigenvalue weighted by atomic mass is 10.1. The Labute approximate surface area is 144 Å². The van der Waals surface area contributed by atoms with E-state index in [2.05, 4.69) is 4.72 Å². The molecule has 1 fully saturated rings. The summed E-state index contributed by atoms with van der Waals surface area (Å²) in [5, 5.41) is 0. The molecule has 0 spiro atoms. The van der Waals surface area contributed by atoms with E-state index in [9.17, 15) is 8.42 Å². The van der Waals surface area contributed by atoms with Crippen LogP contribution >= 0.6 is 0 Å². The van der Waals surface area contributed by atoms with Crippen molar-refractivity contribution in [3.8, 4) is 5.75 Å². The molecule has 1 aliphatic carbocycles. The molecule has 2 rings (SSSR count). The molecule has 0 heterocycles. The van der Waals surface area contributed by atoms with E-state index in [0.29, 0.717) is 31.4 Å². The summed E-state index contributed by atoms with van der Waals surface area (Å²) in [6.45, 7) is 5.59. The van der Waals surface area contributed by atoms with Crippen molar-refractivity contribution in [2.45, 2.75) is 43.5 Å². The minimum atomic E-state index is -3.64. The normalized spacial score (nSPS) is 15.5. The van der Waals surface area contributed by atoms with Crippen LogP contribution < -0.4 is 15.2 Å². The third-order valence-electron chi connectivity index (χ3n) is 3.66. The van der Waals surface area contributed by atoms with E-state index in [1.54, 1.807) is 38.1 Å². The lowest BCUT2D eigenvalue weighted by molar-refractivity contribution is 0.0906. The highest BCUT2D eigenvalue weighted by Crippen LogP contribution is 2.30. The summed E-state index contributed by atoms with van der Waals surface area (Å²) in [7, 11) is -3.64. The topological polar surface area (TPSA) is 90.6 Å². The molecular weight excluding hydrogens is 328 g/mol. The van der Waals surface area contributed by atoms with Crippen LogP contribution in [0.25, 0.3) is 0 Å². The van der Waals surface area contributed by atoms with Crippen LogP contribution in [0.4, 0.5) is 0 Å². The van der Waals surface area contributed by atoms with Gasteiger partial charge in [0.05, 0.1) is 23.6 Å². The third-order valence-corrected chi connectivity index (χ3v) is 5.36. The Morgan fingerprint density at radius 2 is 2.08 bits per heavy atom. The minimum absolute atomic E-state index is 0.200. The second-order valence-electron chi connectivity index (χ2n) is 6.91. The fourth-order valence-corrected chi connectivity index (χ4v) is 3.63. The fourth-order valence-electron chi connectivity index (χ4n) is 2.19. The van der Waals surface area contributed by atoms with Gasteiger partial charge in [-0.2, -0.15) is 0 Å². The maximum absolute atomic E-state index is 12.6. The summed E-state index contributed by atoms with van der Waals surface area (Å²) in [6.07, 6.45) is 3.14. The van der Waals surface area contributed by atoms with E-state index in [1.165, 1.54) is 12.8 Å². The monoisotopic (exact) mass is 356 g/mol. The van der Waals surface area contributed by atoms with Crippen molar-refractivity contribution in [1.29, 1.82) is 0 Å². The number of nitrogens with one attached hydrogen (secondary N) is 1. The van der Waals surface area contributed by atoms with Crippen molar-refractivity contribution in [2.75, 3.05) is 26.4 Å². The highest BCUT2D eigenvalue weighted by molar-refractivity contribution is 7.89. The Balaban J connectivity index is 1.96. The predicted molar refractivity (Wildman–Crippen MR) is 93.6 cm³/mol. The van der Waals surface area contributed by atoms with Crippen LogP contribution in [0.1, 0.15) is 33.1 Å². The van der Waals surface area contributed by atoms with E-state index in [-0.39, 0.29) is 11.5 Å². The zero-order valence-electron chi connectivity index (χ0n) is 14.5. The first-order valence-electron chi connectivity index (χ1n) is 8.37. The van der Waals surface area contributed by atoms with Crippen LogP contribution in [0.2, 0.25) is 0 Å². The smallest absolute Gasteiger partial charge is 0.241 e. The fraction of sp³-hybridized carbons (Fsp3) is 0.647. The molecule has 6 nitrogen and oxygen atoms in total. The van der Waals surface area contributed by atoms with E-state index >= 15 is 0 Å². The van der Waals surface area contributed by atoms with Gasteiger partial charge >= 0.3 is 0 Å². The Bertz CT molecular complexity index is 627. The van der Waals surface area contributed by atoms with Gasteiger partial charge in [0.2, 0.25) is 10.0 Å². The molecule has 3 N–H and O–H groups in total. The second-order valence-corrected chi connectivity index (χ2v) is 8.60. The number of rotatable bonds is 11. The van der Waals surface area contributed by atoms with Crippen molar-refractivity contribution in [3.63, 3.8) is 0 Å². The minimum Gasteiger partial charge on any atom is -0.493 e. The molecule has 1 aromatic rings. The first kappa shape index (κ1) is 19.2. The van der Waals surface area contributed by atoms with Crippen LogP contribution in [0, 0.1) is 5.92 Å². The summed E-state index contributed by atoms with van der Waals surface area (Å²) in [4.78, 5) is 0.200. The van der Waals surface area contributed by atoms with Crippen LogP contribution in [-0.4, -0.2) is 40.3 Å². The van der Waals surface area contributed by atoms with E-state index in [4.69, 9.17) is 15.2 Å². The molecule has 0 aliphatic heterocycles. The second kappa shape index (κ2) is 8.29. The van der Waals surface area contributed by atoms with Crippen LogP contribution in [0.5, 0.6) is 5.75 Å². The van der Waals surface area contributed by atoms with Gasteiger partial charge in [0.1, 0.15) is 5.75 Å². The first-order valence-corrected chi connectivity index (χ1v) is 9.85. The average Bonchev–Trinajstić information content (AvgIpc) is 3.33. The van der Waals surface area contributed by atoms with E-state index < -0.39 is 15.6 Å². The van der Waals surface area contributed by atoms with Gasteiger partial charge in [0, 0.05) is 12.7 Å². The summed E-state index contributed by atoms with van der Waals surface area (Å²) in [6, 6.07) is 6.61. The number of ether oxygens (including phenoxy) is 2. The molecule has 136 valence electrons. The molecule has 0 unspecified atom stereocenters. The molecule has 1 aromatic carbocycles. The largest absolute Gasteiger partial charge is 0.493 e. The molecule has 1 aliphatic rings. The van der Waals surface area contributed by atoms with Crippen LogP contribution in [-0.2, 0) is 14.8 Å². The van der Waals surface area contributed by atoms with Gasteiger partial charge in [0.25, 0.3) is 0 Å². The molecule has 0 amide bonds. The van der Waals surface area contributed by atoms with Crippen molar-refractivity contribution >= 4 is 10.0 Å². The van der Waals surface area contributed by atoms with Crippen molar-refractivity contribution < 1.29 is 17.9 Å². The molecule has 0 aromatic heterocycles. The molecule has 0 saturated heterocycles. The van der Waals surface area contributed by atoms with Gasteiger partial charge in [-0.25, -0.2) is 13.1 Å². The summed E-state index contributed by atoms with van der Waals surface area (Å²) in [5.74, 6) is 1.20. The summed E-state index contributed by atoms with van der Waals surface area (Å²) in [5.41, 5.74) is 4.70. The Kier molecular flexibility index (Phi) is 6.62. The van der Waals surface area contributed by atoms with Crippen molar-refractivity contribution in [1.82, 2.24) is 4.72 Å². The molecule has 0 bridgehead atoms. The third kappa shape index (κ3) is 6.39. The van der Waals surface area contributed by atoms with Gasteiger partial charge in [-0.05, 0) is 57.7 Å². The SMILES string of the molecule is CC(C)(COCCCN)NS(=O)(=O)c1cccc(OCC2CC2)c1. The Morgan fingerprint density at radius 3 is 2.75 bits per heavy atom. The molecule has 7 heteroatoms. The zero-order valence-corrected chi connectivity index (χ0v) is 15.3. The summed E-state index contributed by atoms with van der Waals surface area (Å²) < 4.78 is 39.0. The highest BCUT2D eigenvalue weighted by atomic mass is 32.2. The number of hydrogen-bond acceptors (Lipinski definition) is 5. The molecule has 0 atom stereocenters. The van der Waals surface area contributed by atoms with Gasteiger partial charge in [-0.15, -0.1) is 0 Å². The standard InChI is InChI=1S/C17H28N2O4S/c1-17(2,13-22-10-4-9-18)19-24(20,21)16-6-3-5-15(11-16)23-12-14-7-8-14/h3,5-6,11,14,19H,4,7-10,12-13,18H2,1-2H3. The summed E-state index contributed by atoms with van der Waals surface area (Å²) >= 11 is 0. The van der Waals surface area contributed by atoms with E-state index in [1.807, 2.05) is 0 Å². The number of nitrogens with two attached hydrogens (primary N) is 1. The maximum atomic E-state index is 12.6. The molecule has 1 saturated carbocycles. The lowest BCUT2D eigenvalue weighted by Gasteiger charge is -2.26. The van der Waals surface area contributed by atoms with Crippen molar-refractivity contribution in [2.24, 2.45) is 11.7 Å². The van der Waals surface area contributed by atoms with Gasteiger partial charge in [-0.1, -0.05) is 6.07 Å². The molecule has 24 heavy (non-hydrogen) atoms. The van der Waals surface area contributed by atoms with Gasteiger partial charge < -0.3 is 15.2 Å². The molecule has 0 radical (unpaired) electrons. The average molecular weight is 356 g/mol. The number of sulfonamides is 1. The van der Waals surface area contributed by atoms with Gasteiger partial charge in [0.15, 0.2) is 0 Å². The van der Waals surface area contributed by atoms with E-state index in [0.717, 1.165) is 6.42 Å². The number of benzene rings is 1. The van der Waals surface area contributed by atoms with Crippen LogP contribution in [0.3, 0.4) is 0 Å². The quantitative estimate of drug-likeness (QED) is 0.591. The first-order chi connectivity index (χ1) is 11.3. The Hall–Kier alpha value is -1.15. The maximum Gasteiger partial charge on any atom is 0.241 e. The molecular formula is C17H28N2O4S. The zero-order chi connectivity index (χ0) is 17.6. The van der Waals surface area contributed by atoms with Gasteiger partial charge in [-0.3, -0.25) is 0 Å². The highest BCUT2D eigenvalue weighted by Gasteiger charge is 2.27. The predicted octanol–water partition coefficient (Wildman–Crippen LogP) is 1.90. The van der Waals surface area contributed by atoms with Crippen LogP contribution in [0.15, 0.2) is 29.2 Å². The Morgan fingerprint density at radius 1 is 1.33 bits per heavy atom. The number of hydrogen-bond donors (Lipinski definition) is 2.